The van der Waals surface area contributed by atoms with Crippen LogP contribution in [-0.4, -0.2) is 93.6 Å². The maximum absolute atomic E-state index is 14.8. The molecule has 0 aliphatic carbocycles. The summed E-state index contributed by atoms with van der Waals surface area (Å²) in [6.45, 7) is -3.27. The molecule has 0 saturated carbocycles. The van der Waals surface area contributed by atoms with Gasteiger partial charge in [0, 0.05) is 25.2 Å². The molecule has 0 spiro atoms. The fraction of sp³-hybridized carbons (Fsp3) is 0.292. The highest BCUT2D eigenvalue weighted by Crippen LogP contribution is 2.31. The van der Waals surface area contributed by atoms with Gasteiger partial charge in [0.15, 0.2) is 0 Å². The average molecular weight is 614 g/mol. The molecule has 2 aliphatic heterocycles. The van der Waals surface area contributed by atoms with Gasteiger partial charge in [0.2, 0.25) is 5.91 Å². The highest BCUT2D eigenvalue weighted by molar-refractivity contribution is 6.47. The fourth-order valence-corrected chi connectivity index (χ4v) is 4.53. The van der Waals surface area contributed by atoms with E-state index in [4.69, 9.17) is 4.65 Å². The van der Waals surface area contributed by atoms with Gasteiger partial charge in [-0.15, -0.1) is 0 Å². The average Bonchev–Trinajstić information content (AvgIpc) is 2.89. The molecule has 2 heterocycles. The first-order valence-corrected chi connectivity index (χ1v) is 12.2. The van der Waals surface area contributed by atoms with Gasteiger partial charge in [-0.1, -0.05) is 12.1 Å². The second-order valence-electron chi connectivity index (χ2n) is 9.43. The van der Waals surface area contributed by atoms with Crippen LogP contribution in [0.15, 0.2) is 30.3 Å². The number of alkyl halides is 3. The minimum Gasteiger partial charge on any atom is -0.534 e. The number of rotatable bonds is 6. The van der Waals surface area contributed by atoms with Crippen molar-refractivity contribution in [3.63, 3.8) is 0 Å². The molecular weight excluding hydrogens is 594 g/mol. The summed E-state index contributed by atoms with van der Waals surface area (Å²) in [5.74, 6) is -11.7. The number of hydrogen-bond donors (Lipinski definition) is 5. The Hall–Kier alpha value is -4.94. The third kappa shape index (κ3) is 6.61. The molecule has 4 rings (SSSR count). The van der Waals surface area contributed by atoms with Gasteiger partial charge in [0.25, 0.3) is 0 Å². The lowest BCUT2D eigenvalue weighted by Crippen LogP contribution is -2.61. The van der Waals surface area contributed by atoms with Gasteiger partial charge in [-0.2, -0.15) is 13.2 Å². The minimum absolute atomic E-state index is 0.147. The highest BCUT2D eigenvalue weighted by atomic mass is 19.4. The van der Waals surface area contributed by atoms with Crippen LogP contribution in [0.5, 0.6) is 11.5 Å². The topological polar surface area (TPSA) is 186 Å². The number of phenols is 1. The Bertz CT molecular complexity index is 1490. The predicted octanol–water partition coefficient (Wildman–Crippen LogP) is 0.492. The Morgan fingerprint density at radius 1 is 1.09 bits per heavy atom. The van der Waals surface area contributed by atoms with Crippen molar-refractivity contribution >= 4 is 36.8 Å². The van der Waals surface area contributed by atoms with E-state index in [1.165, 1.54) is 18.2 Å². The van der Waals surface area contributed by atoms with Crippen molar-refractivity contribution in [1.29, 1.82) is 0 Å². The number of carbonyl (C=O) groups excluding carboxylic acids is 4. The lowest BCUT2D eigenvalue weighted by molar-refractivity contribution is -0.170. The minimum atomic E-state index is -4.85. The van der Waals surface area contributed by atoms with E-state index in [1.54, 1.807) is 0 Å². The lowest BCUT2D eigenvalue weighted by Gasteiger charge is -2.34. The number of halogens is 5. The number of nitrogens with one attached hydrogen (secondary N) is 2. The molecule has 43 heavy (non-hydrogen) atoms. The number of piperazine rings is 1. The Balaban J connectivity index is 1.59. The number of urea groups is 1. The first-order chi connectivity index (χ1) is 20.1. The number of nitrogens with zero attached hydrogens (tertiary/aromatic N) is 2. The number of aromatic carboxylic acids is 1. The van der Waals surface area contributed by atoms with E-state index in [1.807, 2.05) is 5.32 Å². The molecule has 2 aromatic rings. The van der Waals surface area contributed by atoms with E-state index in [0.29, 0.717) is 12.1 Å². The molecule has 228 valence electrons. The van der Waals surface area contributed by atoms with Gasteiger partial charge in [-0.05, 0) is 18.1 Å². The Kier molecular flexibility index (Phi) is 8.47. The van der Waals surface area contributed by atoms with Crippen LogP contribution in [0.2, 0.25) is 0 Å². The second kappa shape index (κ2) is 11.7. The van der Waals surface area contributed by atoms with Gasteiger partial charge in [-0.25, -0.2) is 18.4 Å². The molecule has 0 bridgehead atoms. The summed E-state index contributed by atoms with van der Waals surface area (Å²) in [6, 6.07) is 0.877. The summed E-state index contributed by atoms with van der Waals surface area (Å²) in [6.07, 6.45) is -5.10. The maximum Gasteiger partial charge on any atom is 0.547 e. The van der Waals surface area contributed by atoms with Crippen LogP contribution in [0.1, 0.15) is 27.5 Å². The SMILES string of the molecule is O=C(O)c1cccc2c1OB(O)C(NC(=O)C(NC(=O)N1CCN(CC(F)(F)F)C(=O)C1=O)c1c(F)cc(O)cc1F)C2. The number of hydrogen-bond acceptors (Lipinski definition) is 8. The Morgan fingerprint density at radius 3 is 2.35 bits per heavy atom. The van der Waals surface area contributed by atoms with Crippen molar-refractivity contribution in [2.24, 2.45) is 0 Å². The van der Waals surface area contributed by atoms with E-state index in [0.717, 1.165) is 0 Å². The van der Waals surface area contributed by atoms with Crippen molar-refractivity contribution in [2.45, 2.75) is 24.6 Å². The van der Waals surface area contributed by atoms with Crippen LogP contribution in [0, 0.1) is 11.6 Å². The number of imide groups is 1. The van der Waals surface area contributed by atoms with Gasteiger partial charge in [0.1, 0.15) is 35.7 Å². The van der Waals surface area contributed by atoms with Gasteiger partial charge >= 0.3 is 37.1 Å². The first-order valence-electron chi connectivity index (χ1n) is 12.2. The molecule has 0 radical (unpaired) electrons. The van der Waals surface area contributed by atoms with Gasteiger partial charge in [-0.3, -0.25) is 19.3 Å². The molecule has 2 aliphatic rings. The van der Waals surface area contributed by atoms with E-state index < -0.39 is 97.6 Å². The smallest absolute Gasteiger partial charge is 0.534 e. The third-order valence-electron chi connectivity index (χ3n) is 6.48. The predicted molar refractivity (Wildman–Crippen MR) is 131 cm³/mol. The normalized spacial score (nSPS) is 17.6. The van der Waals surface area contributed by atoms with Crippen molar-refractivity contribution in [3.05, 3.63) is 58.7 Å². The van der Waals surface area contributed by atoms with E-state index in [2.05, 4.69) is 5.32 Å². The summed E-state index contributed by atoms with van der Waals surface area (Å²) >= 11 is 0. The Labute approximate surface area is 237 Å². The monoisotopic (exact) mass is 614 g/mol. The van der Waals surface area contributed by atoms with Crippen molar-refractivity contribution < 1.29 is 65.8 Å². The highest BCUT2D eigenvalue weighted by Gasteiger charge is 2.44. The van der Waals surface area contributed by atoms with Crippen LogP contribution in [0.3, 0.4) is 0 Å². The number of carboxylic acid groups (broad SMARTS) is 1. The quantitative estimate of drug-likeness (QED) is 0.176. The van der Waals surface area contributed by atoms with Crippen molar-refractivity contribution in [1.82, 2.24) is 20.4 Å². The molecule has 2 aromatic carbocycles. The first kappa shape index (κ1) is 31.0. The standard InChI is InChI=1S/C24H20BF5N4O9/c26-13-7-11(35)8-14(27)16(13)17(32-23(41)34-5-4-33(9-24(28,29)30)20(37)21(34)38)19(36)31-15-6-10-2-1-3-12(22(39)40)18(10)43-25(15)42/h1-3,7-8,15,17,35,42H,4-6,9H2,(H,31,36)(H,32,41)(H,39,40). The molecule has 5 amide bonds. The zero-order chi connectivity index (χ0) is 31.8. The summed E-state index contributed by atoms with van der Waals surface area (Å²) in [4.78, 5) is 62.6. The van der Waals surface area contributed by atoms with Crippen LogP contribution in [-0.2, 0) is 20.8 Å². The largest absolute Gasteiger partial charge is 0.547 e. The number of fused-ring (bicyclic) bond motifs is 1. The van der Waals surface area contributed by atoms with Crippen molar-refractivity contribution in [3.8, 4) is 11.5 Å². The fourth-order valence-electron chi connectivity index (χ4n) is 4.53. The molecule has 1 saturated heterocycles. The van der Waals surface area contributed by atoms with Gasteiger partial charge in [0.05, 0.1) is 17.1 Å². The number of aromatic hydroxyl groups is 1. The Morgan fingerprint density at radius 2 is 1.74 bits per heavy atom. The second-order valence-corrected chi connectivity index (χ2v) is 9.43. The summed E-state index contributed by atoms with van der Waals surface area (Å²) in [5, 5.41) is 33.4. The van der Waals surface area contributed by atoms with E-state index in [-0.39, 0.29) is 33.1 Å². The van der Waals surface area contributed by atoms with E-state index >= 15 is 0 Å². The molecule has 2 atom stereocenters. The van der Waals surface area contributed by atoms with Crippen molar-refractivity contribution in [2.75, 3.05) is 19.6 Å². The molecule has 1 fully saturated rings. The summed E-state index contributed by atoms with van der Waals surface area (Å²) < 4.78 is 73.1. The zero-order valence-corrected chi connectivity index (χ0v) is 21.5. The maximum atomic E-state index is 14.8. The number of amides is 5. The van der Waals surface area contributed by atoms with Crippen LogP contribution >= 0.6 is 0 Å². The number of para-hydroxylation sites is 1. The molecular formula is C24H20BF5N4O9. The lowest BCUT2D eigenvalue weighted by atomic mass is 9.72. The van der Waals surface area contributed by atoms with Crippen LogP contribution in [0.4, 0.5) is 26.7 Å². The zero-order valence-electron chi connectivity index (χ0n) is 21.5. The number of carboxylic acids is 1. The number of benzene rings is 2. The molecule has 19 heteroatoms. The van der Waals surface area contributed by atoms with Crippen LogP contribution < -0.4 is 15.3 Å². The molecule has 13 nitrogen and oxygen atoms in total. The molecule has 2 unspecified atom stereocenters. The molecule has 0 aromatic heterocycles. The van der Waals surface area contributed by atoms with E-state index in [9.17, 15) is 61.2 Å². The number of carbonyl (C=O) groups is 5. The summed E-state index contributed by atoms with van der Waals surface area (Å²) in [5.41, 5.74) is -1.22. The number of phenolic OH excluding ortho intramolecular Hbond substituents is 1. The molecule has 5 N–H and O–H groups in total. The van der Waals surface area contributed by atoms with Gasteiger partial charge < -0.3 is 35.4 Å². The van der Waals surface area contributed by atoms with Crippen LogP contribution in [0.25, 0.3) is 0 Å². The summed E-state index contributed by atoms with van der Waals surface area (Å²) in [7, 11) is -1.89. The third-order valence-corrected chi connectivity index (χ3v) is 6.48.